The molecular weight excluding hydrogens is 392 g/mol. The van der Waals surface area contributed by atoms with Crippen LogP contribution >= 0.6 is 0 Å². The molecule has 4 rings (SSSR count). The number of amides is 2. The van der Waals surface area contributed by atoms with Gasteiger partial charge in [-0.15, -0.1) is 0 Å². The summed E-state index contributed by atoms with van der Waals surface area (Å²) in [6.45, 7) is 5.70. The normalized spacial score (nSPS) is 19.4. The fraction of sp³-hybridized carbons (Fsp3) is 0.360. The Morgan fingerprint density at radius 2 is 1.87 bits per heavy atom. The van der Waals surface area contributed by atoms with Gasteiger partial charge in [-0.3, -0.25) is 9.59 Å². The van der Waals surface area contributed by atoms with E-state index >= 15 is 0 Å². The zero-order chi connectivity index (χ0) is 22.0. The molecule has 2 amide bonds. The number of piperidine rings is 1. The van der Waals surface area contributed by atoms with Crippen molar-refractivity contribution in [2.24, 2.45) is 5.92 Å². The summed E-state index contributed by atoms with van der Waals surface area (Å²) in [5.41, 5.74) is 3.16. The van der Waals surface area contributed by atoms with Gasteiger partial charge in [0, 0.05) is 25.8 Å². The van der Waals surface area contributed by atoms with Crippen LogP contribution in [0.5, 0.6) is 5.75 Å². The SMILES string of the molecule is CCOc1cccc(N2C(=O)C(c3ccc(C)cc3)=C(N3CCCC(CO)C3)C2=O)c1. The molecule has 1 fully saturated rings. The fourth-order valence-electron chi connectivity index (χ4n) is 4.32. The molecule has 0 aliphatic carbocycles. The third kappa shape index (κ3) is 4.08. The second-order valence-electron chi connectivity index (χ2n) is 8.10. The number of aliphatic hydroxyl groups excluding tert-OH is 1. The molecule has 0 spiro atoms. The van der Waals surface area contributed by atoms with Crippen molar-refractivity contribution in [2.45, 2.75) is 26.7 Å². The van der Waals surface area contributed by atoms with E-state index in [2.05, 4.69) is 0 Å². The summed E-state index contributed by atoms with van der Waals surface area (Å²) in [7, 11) is 0. The zero-order valence-corrected chi connectivity index (χ0v) is 18.0. The summed E-state index contributed by atoms with van der Waals surface area (Å²) in [6.07, 6.45) is 1.79. The van der Waals surface area contributed by atoms with E-state index < -0.39 is 0 Å². The van der Waals surface area contributed by atoms with Crippen LogP contribution in [0.25, 0.3) is 5.57 Å². The van der Waals surface area contributed by atoms with Crippen molar-refractivity contribution in [2.75, 3.05) is 31.2 Å². The summed E-state index contributed by atoms with van der Waals surface area (Å²) in [4.78, 5) is 30.5. The molecule has 6 nitrogen and oxygen atoms in total. The number of rotatable bonds is 6. The average molecular weight is 421 g/mol. The largest absolute Gasteiger partial charge is 0.494 e. The number of carbonyl (C=O) groups is 2. The van der Waals surface area contributed by atoms with Crippen LogP contribution in [0.1, 0.15) is 30.9 Å². The molecule has 2 aromatic carbocycles. The molecule has 1 atom stereocenters. The van der Waals surface area contributed by atoms with Gasteiger partial charge >= 0.3 is 0 Å². The highest BCUT2D eigenvalue weighted by molar-refractivity contribution is 6.45. The van der Waals surface area contributed by atoms with E-state index in [4.69, 9.17) is 4.74 Å². The fourth-order valence-corrected chi connectivity index (χ4v) is 4.32. The maximum Gasteiger partial charge on any atom is 0.282 e. The lowest BCUT2D eigenvalue weighted by atomic mass is 9.96. The Kier molecular flexibility index (Phi) is 6.09. The molecule has 1 saturated heterocycles. The van der Waals surface area contributed by atoms with Crippen LogP contribution in [0.4, 0.5) is 5.69 Å². The van der Waals surface area contributed by atoms with Gasteiger partial charge in [0.2, 0.25) is 0 Å². The minimum Gasteiger partial charge on any atom is -0.494 e. The van der Waals surface area contributed by atoms with Gasteiger partial charge in [0.1, 0.15) is 11.4 Å². The Hall–Kier alpha value is -3.12. The standard InChI is InChI=1S/C25H28N2O4/c1-3-31-21-8-4-7-20(14-21)27-24(29)22(19-11-9-17(2)10-12-19)23(25(27)30)26-13-5-6-18(15-26)16-28/h4,7-12,14,18,28H,3,5-6,13,15-16H2,1-2H3. The summed E-state index contributed by atoms with van der Waals surface area (Å²) in [5.74, 6) is 0.0550. The lowest BCUT2D eigenvalue weighted by molar-refractivity contribution is -0.120. The van der Waals surface area contributed by atoms with Gasteiger partial charge in [-0.2, -0.15) is 0 Å². The monoisotopic (exact) mass is 420 g/mol. The average Bonchev–Trinajstić information content (AvgIpc) is 3.05. The smallest absolute Gasteiger partial charge is 0.282 e. The number of likely N-dealkylation sites (tertiary alicyclic amines) is 1. The molecule has 0 saturated carbocycles. The molecule has 2 aromatic rings. The number of aliphatic hydroxyl groups is 1. The van der Waals surface area contributed by atoms with Gasteiger partial charge in [-0.1, -0.05) is 35.9 Å². The Morgan fingerprint density at radius 1 is 1.10 bits per heavy atom. The lowest BCUT2D eigenvalue weighted by Crippen LogP contribution is -2.40. The Morgan fingerprint density at radius 3 is 2.58 bits per heavy atom. The summed E-state index contributed by atoms with van der Waals surface area (Å²) in [5, 5.41) is 9.68. The molecule has 2 heterocycles. The predicted molar refractivity (Wildman–Crippen MR) is 120 cm³/mol. The summed E-state index contributed by atoms with van der Waals surface area (Å²) in [6, 6.07) is 14.7. The first kappa shape index (κ1) is 21.1. The number of hydrogen-bond donors (Lipinski definition) is 1. The highest BCUT2D eigenvalue weighted by Gasteiger charge is 2.43. The molecule has 162 valence electrons. The minimum atomic E-state index is -0.330. The van der Waals surface area contributed by atoms with Gasteiger partial charge < -0.3 is 14.7 Å². The first-order chi connectivity index (χ1) is 15.0. The second-order valence-corrected chi connectivity index (χ2v) is 8.10. The van der Waals surface area contributed by atoms with Crippen molar-refractivity contribution in [1.82, 2.24) is 4.90 Å². The van der Waals surface area contributed by atoms with Crippen molar-refractivity contribution in [3.8, 4) is 5.75 Å². The van der Waals surface area contributed by atoms with Crippen molar-refractivity contribution in [3.63, 3.8) is 0 Å². The number of imide groups is 1. The van der Waals surface area contributed by atoms with Gasteiger partial charge in [0.15, 0.2) is 0 Å². The molecule has 0 bridgehead atoms. The van der Waals surface area contributed by atoms with Crippen LogP contribution in [0, 0.1) is 12.8 Å². The number of anilines is 1. The molecule has 0 radical (unpaired) electrons. The number of nitrogens with zero attached hydrogens (tertiary/aromatic N) is 2. The van der Waals surface area contributed by atoms with Gasteiger partial charge in [-0.05, 0) is 50.3 Å². The van der Waals surface area contributed by atoms with Gasteiger partial charge in [-0.25, -0.2) is 4.90 Å². The molecule has 1 N–H and O–H groups in total. The van der Waals surface area contributed by atoms with Crippen molar-refractivity contribution in [3.05, 3.63) is 65.4 Å². The third-order valence-corrected chi connectivity index (χ3v) is 5.88. The van der Waals surface area contributed by atoms with Gasteiger partial charge in [0.25, 0.3) is 11.8 Å². The second kappa shape index (κ2) is 8.94. The van der Waals surface area contributed by atoms with Crippen molar-refractivity contribution < 1.29 is 19.4 Å². The van der Waals surface area contributed by atoms with Gasteiger partial charge in [0.05, 0.1) is 17.9 Å². The van der Waals surface area contributed by atoms with E-state index in [0.717, 1.165) is 24.0 Å². The van der Waals surface area contributed by atoms with Crippen LogP contribution in [0.3, 0.4) is 0 Å². The van der Waals surface area contributed by atoms with Crippen LogP contribution < -0.4 is 9.64 Å². The zero-order valence-electron chi connectivity index (χ0n) is 18.0. The lowest BCUT2D eigenvalue weighted by Gasteiger charge is -2.34. The molecule has 2 aliphatic rings. The van der Waals surface area contributed by atoms with E-state index in [9.17, 15) is 14.7 Å². The molecule has 0 aromatic heterocycles. The quantitative estimate of drug-likeness (QED) is 0.726. The Balaban J connectivity index is 1.78. The number of benzene rings is 2. The number of aryl methyl sites for hydroxylation is 1. The van der Waals surface area contributed by atoms with Crippen molar-refractivity contribution >= 4 is 23.1 Å². The van der Waals surface area contributed by atoms with E-state index in [1.165, 1.54) is 4.90 Å². The van der Waals surface area contributed by atoms with E-state index in [0.29, 0.717) is 42.4 Å². The Labute approximate surface area is 182 Å². The maximum atomic E-state index is 13.6. The third-order valence-electron chi connectivity index (χ3n) is 5.88. The van der Waals surface area contributed by atoms with Crippen LogP contribution in [0.15, 0.2) is 54.2 Å². The predicted octanol–water partition coefficient (Wildman–Crippen LogP) is 3.38. The topological polar surface area (TPSA) is 70.1 Å². The number of carbonyl (C=O) groups excluding carboxylic acids is 2. The number of ether oxygens (including phenoxy) is 1. The molecule has 2 aliphatic heterocycles. The first-order valence-corrected chi connectivity index (χ1v) is 10.8. The van der Waals surface area contributed by atoms with Crippen LogP contribution in [0.2, 0.25) is 0 Å². The highest BCUT2D eigenvalue weighted by Crippen LogP contribution is 2.37. The number of hydrogen-bond acceptors (Lipinski definition) is 5. The van der Waals surface area contributed by atoms with Crippen LogP contribution in [-0.4, -0.2) is 48.1 Å². The van der Waals surface area contributed by atoms with E-state index in [1.807, 2.05) is 49.1 Å². The highest BCUT2D eigenvalue weighted by atomic mass is 16.5. The molecular formula is C25H28N2O4. The van der Waals surface area contributed by atoms with E-state index in [-0.39, 0.29) is 24.3 Å². The van der Waals surface area contributed by atoms with Crippen LogP contribution in [-0.2, 0) is 9.59 Å². The Bertz CT molecular complexity index is 1010. The summed E-state index contributed by atoms with van der Waals surface area (Å²) >= 11 is 0. The molecule has 31 heavy (non-hydrogen) atoms. The summed E-state index contributed by atoms with van der Waals surface area (Å²) < 4.78 is 5.57. The molecule has 1 unspecified atom stereocenters. The molecule has 6 heteroatoms. The maximum absolute atomic E-state index is 13.6. The van der Waals surface area contributed by atoms with Crippen molar-refractivity contribution in [1.29, 1.82) is 0 Å². The first-order valence-electron chi connectivity index (χ1n) is 10.8. The van der Waals surface area contributed by atoms with E-state index in [1.54, 1.807) is 18.2 Å². The minimum absolute atomic E-state index is 0.0753.